The zero-order chi connectivity index (χ0) is 22.0. The summed E-state index contributed by atoms with van der Waals surface area (Å²) in [6.07, 6.45) is 0.421. The number of carbonyl (C=O) groups excluding carboxylic acids is 1. The van der Waals surface area contributed by atoms with Crippen molar-refractivity contribution in [3.8, 4) is 11.5 Å². The Balaban J connectivity index is 1.46. The van der Waals surface area contributed by atoms with E-state index in [1.165, 1.54) is 0 Å². The van der Waals surface area contributed by atoms with Gasteiger partial charge in [-0.3, -0.25) is 4.79 Å². The highest BCUT2D eigenvalue weighted by Gasteiger charge is 2.42. The Hall–Kier alpha value is -2.81. The first-order chi connectivity index (χ1) is 15.0. The van der Waals surface area contributed by atoms with Crippen molar-refractivity contribution in [3.63, 3.8) is 0 Å². The molecule has 2 aliphatic heterocycles. The lowest BCUT2D eigenvalue weighted by Gasteiger charge is -2.44. The Morgan fingerprint density at radius 1 is 1.23 bits per heavy atom. The molecule has 0 aromatic heterocycles. The Kier molecular flexibility index (Phi) is 6.31. The van der Waals surface area contributed by atoms with Gasteiger partial charge in [-0.2, -0.15) is 10.1 Å². The molecule has 2 atom stereocenters. The maximum Gasteiger partial charge on any atom is 0.260 e. The van der Waals surface area contributed by atoms with Crippen molar-refractivity contribution in [2.75, 3.05) is 27.7 Å². The average molecular weight is 445 g/mol. The van der Waals surface area contributed by atoms with Gasteiger partial charge in [0, 0.05) is 30.1 Å². The molecule has 1 fully saturated rings. The lowest BCUT2D eigenvalue weighted by Crippen LogP contribution is -2.60. The molecule has 0 bridgehead atoms. The molecule has 0 radical (unpaired) electrons. The average Bonchev–Trinajstić information content (AvgIpc) is 3.16. The second-order valence-electron chi connectivity index (χ2n) is 7.61. The molecule has 2 aromatic rings. The fourth-order valence-electron chi connectivity index (χ4n) is 3.41. The van der Waals surface area contributed by atoms with Crippen molar-refractivity contribution in [1.29, 1.82) is 0 Å². The van der Waals surface area contributed by atoms with Crippen LogP contribution >= 0.6 is 11.6 Å². The molecule has 2 heterocycles. The minimum absolute atomic E-state index is 0.263. The molecule has 0 amide bonds. The maximum absolute atomic E-state index is 11.6. The first-order valence-corrected chi connectivity index (χ1v) is 10.4. The lowest BCUT2D eigenvalue weighted by atomic mass is 10.2. The van der Waals surface area contributed by atoms with Crippen molar-refractivity contribution in [3.05, 3.63) is 58.6 Å². The summed E-state index contributed by atoms with van der Waals surface area (Å²) in [7, 11) is 5.60. The fourth-order valence-corrected chi connectivity index (χ4v) is 3.64. The monoisotopic (exact) mass is 444 g/mol. The van der Waals surface area contributed by atoms with E-state index in [2.05, 4.69) is 10.0 Å². The van der Waals surface area contributed by atoms with Gasteiger partial charge >= 0.3 is 0 Å². The summed E-state index contributed by atoms with van der Waals surface area (Å²) in [5.74, 6) is 1.78. The van der Waals surface area contributed by atoms with Crippen LogP contribution in [0.1, 0.15) is 17.5 Å². The normalized spacial score (nSPS) is 20.8. The first kappa shape index (κ1) is 21.4. The Morgan fingerprint density at radius 3 is 2.55 bits per heavy atom. The van der Waals surface area contributed by atoms with Crippen molar-refractivity contribution < 1.29 is 19.0 Å². The fraction of sp³-hybridized carbons (Fsp3) is 0.364. The molecule has 164 valence electrons. The molecule has 2 aromatic carbocycles. The number of aldehydes is 1. The molecule has 31 heavy (non-hydrogen) atoms. The summed E-state index contributed by atoms with van der Waals surface area (Å²) in [5, 5.41) is 8.59. The third-order valence-electron chi connectivity index (χ3n) is 5.09. The molecular formula is C22H25ClN4O4. The van der Waals surface area contributed by atoms with Crippen LogP contribution in [0, 0.1) is 0 Å². The number of ether oxygens (including phenoxy) is 3. The van der Waals surface area contributed by atoms with Crippen LogP contribution in [0.25, 0.3) is 0 Å². The van der Waals surface area contributed by atoms with Crippen molar-refractivity contribution >= 4 is 23.8 Å². The molecule has 4 rings (SSSR count). The van der Waals surface area contributed by atoms with Crippen LogP contribution in [0.5, 0.6) is 11.5 Å². The van der Waals surface area contributed by atoms with Gasteiger partial charge in [-0.15, -0.1) is 5.10 Å². The van der Waals surface area contributed by atoms with Gasteiger partial charge in [0.2, 0.25) is 5.90 Å². The summed E-state index contributed by atoms with van der Waals surface area (Å²) in [4.78, 5) is 13.7. The van der Waals surface area contributed by atoms with Gasteiger partial charge in [-0.1, -0.05) is 17.7 Å². The number of hydrogen-bond acceptors (Lipinski definition) is 8. The Morgan fingerprint density at radius 2 is 1.97 bits per heavy atom. The molecule has 0 N–H and O–H groups in total. The van der Waals surface area contributed by atoms with Crippen LogP contribution in [0.2, 0.25) is 5.02 Å². The van der Waals surface area contributed by atoms with Gasteiger partial charge in [0.05, 0.1) is 7.11 Å². The van der Waals surface area contributed by atoms with E-state index in [0.29, 0.717) is 23.2 Å². The quantitative estimate of drug-likeness (QED) is 0.580. The van der Waals surface area contributed by atoms with E-state index < -0.39 is 6.23 Å². The van der Waals surface area contributed by atoms with Crippen molar-refractivity contribution in [2.45, 2.75) is 25.4 Å². The van der Waals surface area contributed by atoms with Gasteiger partial charge in [0.15, 0.2) is 12.5 Å². The van der Waals surface area contributed by atoms with Crippen LogP contribution in [-0.4, -0.2) is 67.4 Å². The SMILES string of the molecule is COc1ccc(C2=NN(N3CCC3Oc3ccc(CN(C)C)c(Cl)c3)C(C=O)O2)cc1. The number of methoxy groups -OCH3 is 1. The minimum Gasteiger partial charge on any atom is -0.497 e. The second kappa shape index (κ2) is 9.13. The number of hydrazine groups is 1. The summed E-state index contributed by atoms with van der Waals surface area (Å²) in [6.45, 7) is 1.45. The zero-order valence-corrected chi connectivity index (χ0v) is 18.5. The van der Waals surface area contributed by atoms with E-state index in [1.54, 1.807) is 12.2 Å². The maximum atomic E-state index is 11.6. The molecule has 1 saturated heterocycles. The number of benzene rings is 2. The van der Waals surface area contributed by atoms with E-state index in [0.717, 1.165) is 36.1 Å². The number of hydrogen-bond donors (Lipinski definition) is 0. The molecule has 0 spiro atoms. The van der Waals surface area contributed by atoms with Crippen molar-refractivity contribution in [2.24, 2.45) is 5.10 Å². The highest BCUT2D eigenvalue weighted by Crippen LogP contribution is 2.31. The third-order valence-corrected chi connectivity index (χ3v) is 5.44. The van der Waals surface area contributed by atoms with Gasteiger partial charge in [-0.05, 0) is 56.1 Å². The third kappa shape index (κ3) is 4.61. The molecular weight excluding hydrogens is 420 g/mol. The topological polar surface area (TPSA) is 66.8 Å². The van der Waals surface area contributed by atoms with Crippen LogP contribution in [0.15, 0.2) is 47.6 Å². The highest BCUT2D eigenvalue weighted by molar-refractivity contribution is 6.31. The molecule has 8 nitrogen and oxygen atoms in total. The zero-order valence-electron chi connectivity index (χ0n) is 17.7. The molecule has 9 heteroatoms. The molecule has 0 saturated carbocycles. The predicted molar refractivity (Wildman–Crippen MR) is 117 cm³/mol. The lowest BCUT2D eigenvalue weighted by molar-refractivity contribution is -0.218. The van der Waals surface area contributed by atoms with Gasteiger partial charge in [-0.25, -0.2) is 0 Å². The highest BCUT2D eigenvalue weighted by atomic mass is 35.5. The van der Waals surface area contributed by atoms with E-state index in [-0.39, 0.29) is 6.23 Å². The van der Waals surface area contributed by atoms with E-state index in [4.69, 9.17) is 25.8 Å². The minimum atomic E-state index is -0.838. The summed E-state index contributed by atoms with van der Waals surface area (Å²) in [5.41, 5.74) is 1.79. The van der Waals surface area contributed by atoms with Crippen LogP contribution in [-0.2, 0) is 16.1 Å². The smallest absolute Gasteiger partial charge is 0.260 e. The van der Waals surface area contributed by atoms with E-state index >= 15 is 0 Å². The molecule has 2 unspecified atom stereocenters. The number of hydrazone groups is 1. The van der Waals surface area contributed by atoms with Crippen LogP contribution in [0.3, 0.4) is 0 Å². The predicted octanol–water partition coefficient (Wildman–Crippen LogP) is 2.95. The van der Waals surface area contributed by atoms with Crippen molar-refractivity contribution in [1.82, 2.24) is 15.0 Å². The van der Waals surface area contributed by atoms with E-state index in [1.807, 2.05) is 61.6 Å². The summed E-state index contributed by atoms with van der Waals surface area (Å²) in [6, 6.07) is 13.0. The van der Waals surface area contributed by atoms with E-state index in [9.17, 15) is 4.79 Å². The number of halogens is 1. The Labute approximate surface area is 186 Å². The first-order valence-electron chi connectivity index (χ1n) is 9.99. The van der Waals surface area contributed by atoms with Gasteiger partial charge < -0.3 is 19.1 Å². The standard InChI is InChI=1S/C22H25ClN4O4/c1-25(2)13-16-6-9-18(12-19(16)23)30-20-10-11-26(20)27-21(14-28)31-22(24-27)15-4-7-17(29-3)8-5-15/h4-9,12,14,20-21H,10-11,13H2,1-3H3. The van der Waals surface area contributed by atoms with Crippen LogP contribution in [0.4, 0.5) is 0 Å². The number of nitrogens with zero attached hydrogens (tertiary/aromatic N) is 4. The second-order valence-corrected chi connectivity index (χ2v) is 8.02. The van der Waals surface area contributed by atoms with Crippen LogP contribution < -0.4 is 9.47 Å². The Bertz CT molecular complexity index is 966. The van der Waals surface area contributed by atoms with Gasteiger partial charge in [0.1, 0.15) is 11.5 Å². The largest absolute Gasteiger partial charge is 0.497 e. The summed E-state index contributed by atoms with van der Waals surface area (Å²) < 4.78 is 17.0. The molecule has 0 aliphatic carbocycles. The number of carbonyl (C=O) groups is 1. The van der Waals surface area contributed by atoms with Gasteiger partial charge in [0.25, 0.3) is 6.23 Å². The number of rotatable bonds is 8. The summed E-state index contributed by atoms with van der Waals surface area (Å²) >= 11 is 6.41. The molecule has 2 aliphatic rings.